The Morgan fingerprint density at radius 1 is 1.64 bits per heavy atom. The van der Waals surface area contributed by atoms with Crippen LogP contribution in [0.3, 0.4) is 0 Å². The third-order valence-electron chi connectivity index (χ3n) is 2.03. The van der Waals surface area contributed by atoms with Crippen molar-refractivity contribution < 1.29 is 13.2 Å². The molecule has 0 bridgehead atoms. The summed E-state index contributed by atoms with van der Waals surface area (Å²) in [4.78, 5) is 0. The van der Waals surface area contributed by atoms with Gasteiger partial charge >= 0.3 is 0 Å². The van der Waals surface area contributed by atoms with Crippen LogP contribution in [0.4, 0.5) is 0 Å². The van der Waals surface area contributed by atoms with Gasteiger partial charge in [0.25, 0.3) is 10.2 Å². The summed E-state index contributed by atoms with van der Waals surface area (Å²) >= 11 is 0. The molecule has 0 spiro atoms. The lowest BCUT2D eigenvalue weighted by molar-refractivity contribution is 0.00415. The maximum atomic E-state index is 11.6. The first-order valence-electron chi connectivity index (χ1n) is 4.66. The van der Waals surface area contributed by atoms with Crippen molar-refractivity contribution in [2.75, 3.05) is 32.8 Å². The van der Waals surface area contributed by atoms with Crippen LogP contribution < -0.4 is 10.5 Å². The molecule has 7 heteroatoms. The van der Waals surface area contributed by atoms with Gasteiger partial charge in [-0.1, -0.05) is 6.92 Å². The highest BCUT2D eigenvalue weighted by molar-refractivity contribution is 7.87. The number of hydrogen-bond acceptors (Lipinski definition) is 4. The SMILES string of the molecule is CCNS(=O)(=O)N1CCOC(CN)C1. The van der Waals surface area contributed by atoms with Crippen LogP contribution in [-0.4, -0.2) is 51.6 Å². The molecule has 1 aliphatic heterocycles. The lowest BCUT2D eigenvalue weighted by atomic mass is 10.3. The summed E-state index contributed by atoms with van der Waals surface area (Å²) in [5.41, 5.74) is 5.42. The van der Waals surface area contributed by atoms with Gasteiger partial charge in [-0.05, 0) is 0 Å². The van der Waals surface area contributed by atoms with Crippen molar-refractivity contribution in [2.45, 2.75) is 13.0 Å². The van der Waals surface area contributed by atoms with Crippen molar-refractivity contribution in [3.05, 3.63) is 0 Å². The highest BCUT2D eigenvalue weighted by atomic mass is 32.2. The molecule has 1 heterocycles. The maximum Gasteiger partial charge on any atom is 0.279 e. The van der Waals surface area contributed by atoms with Gasteiger partial charge < -0.3 is 10.5 Å². The van der Waals surface area contributed by atoms with Crippen LogP contribution in [0.1, 0.15) is 6.92 Å². The smallest absolute Gasteiger partial charge is 0.279 e. The fourth-order valence-corrected chi connectivity index (χ4v) is 2.55. The maximum absolute atomic E-state index is 11.6. The second-order valence-electron chi connectivity index (χ2n) is 3.09. The Labute approximate surface area is 84.6 Å². The van der Waals surface area contributed by atoms with Crippen molar-refractivity contribution in [3.8, 4) is 0 Å². The van der Waals surface area contributed by atoms with Crippen LogP contribution in [-0.2, 0) is 14.9 Å². The zero-order valence-corrected chi connectivity index (χ0v) is 9.09. The topological polar surface area (TPSA) is 84.7 Å². The molecule has 1 saturated heterocycles. The minimum absolute atomic E-state index is 0.183. The van der Waals surface area contributed by atoms with E-state index >= 15 is 0 Å². The van der Waals surface area contributed by atoms with Crippen molar-refractivity contribution in [1.29, 1.82) is 0 Å². The highest BCUT2D eigenvalue weighted by Crippen LogP contribution is 2.07. The van der Waals surface area contributed by atoms with Gasteiger partial charge in [0, 0.05) is 26.2 Å². The first kappa shape index (κ1) is 11.9. The summed E-state index contributed by atoms with van der Waals surface area (Å²) in [6, 6.07) is 0. The van der Waals surface area contributed by atoms with Gasteiger partial charge in [0.1, 0.15) is 0 Å². The molecule has 0 saturated carbocycles. The number of hydrogen-bond donors (Lipinski definition) is 2. The molecular weight excluding hydrogens is 206 g/mol. The summed E-state index contributed by atoms with van der Waals surface area (Å²) in [7, 11) is -3.33. The number of nitrogens with two attached hydrogens (primary N) is 1. The van der Waals surface area contributed by atoms with Gasteiger partial charge in [0.15, 0.2) is 0 Å². The van der Waals surface area contributed by atoms with Crippen molar-refractivity contribution in [3.63, 3.8) is 0 Å². The summed E-state index contributed by atoms with van der Waals surface area (Å²) in [5.74, 6) is 0. The van der Waals surface area contributed by atoms with Gasteiger partial charge in [0.05, 0.1) is 12.7 Å². The second kappa shape index (κ2) is 5.04. The van der Waals surface area contributed by atoms with E-state index in [-0.39, 0.29) is 6.10 Å². The van der Waals surface area contributed by atoms with Gasteiger partial charge in [-0.25, -0.2) is 4.72 Å². The van der Waals surface area contributed by atoms with Gasteiger partial charge in [0.2, 0.25) is 0 Å². The van der Waals surface area contributed by atoms with Crippen molar-refractivity contribution in [2.24, 2.45) is 5.73 Å². The van der Waals surface area contributed by atoms with Crippen molar-refractivity contribution >= 4 is 10.2 Å². The van der Waals surface area contributed by atoms with Crippen LogP contribution >= 0.6 is 0 Å². The summed E-state index contributed by atoms with van der Waals surface area (Å²) in [5, 5.41) is 0. The number of morpholine rings is 1. The predicted molar refractivity (Wildman–Crippen MR) is 53.0 cm³/mol. The number of nitrogens with one attached hydrogen (secondary N) is 1. The Morgan fingerprint density at radius 3 is 2.93 bits per heavy atom. The van der Waals surface area contributed by atoms with E-state index in [1.807, 2.05) is 0 Å². The molecule has 0 aliphatic carbocycles. The van der Waals surface area contributed by atoms with Crippen molar-refractivity contribution in [1.82, 2.24) is 9.03 Å². The van der Waals surface area contributed by atoms with Gasteiger partial charge in [-0.15, -0.1) is 0 Å². The third kappa shape index (κ3) is 2.89. The summed E-state index contributed by atoms with van der Waals surface area (Å²) in [6.45, 7) is 3.63. The van der Waals surface area contributed by atoms with Gasteiger partial charge in [-0.3, -0.25) is 0 Å². The van der Waals surface area contributed by atoms with Crippen LogP contribution in [0.15, 0.2) is 0 Å². The molecule has 0 amide bonds. The molecule has 1 fully saturated rings. The van der Waals surface area contributed by atoms with E-state index in [4.69, 9.17) is 10.5 Å². The number of nitrogens with zero attached hydrogens (tertiary/aromatic N) is 1. The lowest BCUT2D eigenvalue weighted by Crippen LogP contribution is -2.51. The fourth-order valence-electron chi connectivity index (χ4n) is 1.33. The van der Waals surface area contributed by atoms with Crippen LogP contribution in [0.5, 0.6) is 0 Å². The molecule has 14 heavy (non-hydrogen) atoms. The molecule has 1 rings (SSSR count). The number of ether oxygens (including phenoxy) is 1. The second-order valence-corrected chi connectivity index (χ2v) is 4.84. The number of rotatable bonds is 4. The molecule has 0 aromatic rings. The molecular formula is C7H17N3O3S. The highest BCUT2D eigenvalue weighted by Gasteiger charge is 2.27. The molecule has 3 N–H and O–H groups in total. The standard InChI is InChI=1S/C7H17N3O3S/c1-2-9-14(11,12)10-3-4-13-7(5-8)6-10/h7,9H,2-6,8H2,1H3. The zero-order chi connectivity index (χ0) is 10.6. The molecule has 1 unspecified atom stereocenters. The average molecular weight is 223 g/mol. The Balaban J connectivity index is 2.59. The van der Waals surface area contributed by atoms with E-state index in [0.717, 1.165) is 0 Å². The Kier molecular flexibility index (Phi) is 4.27. The Hall–Kier alpha value is -0.210. The van der Waals surface area contributed by atoms with Gasteiger partial charge in [-0.2, -0.15) is 12.7 Å². The fraction of sp³-hybridized carbons (Fsp3) is 1.00. The quantitative estimate of drug-likeness (QED) is 0.607. The lowest BCUT2D eigenvalue weighted by Gasteiger charge is -2.31. The van der Waals surface area contributed by atoms with E-state index in [1.54, 1.807) is 6.92 Å². The van der Waals surface area contributed by atoms with Crippen LogP contribution in [0.2, 0.25) is 0 Å². The zero-order valence-electron chi connectivity index (χ0n) is 8.27. The van der Waals surface area contributed by atoms with E-state index in [2.05, 4.69) is 4.72 Å². The molecule has 0 radical (unpaired) electrons. The van der Waals surface area contributed by atoms with E-state index in [0.29, 0.717) is 32.8 Å². The molecule has 6 nitrogen and oxygen atoms in total. The largest absolute Gasteiger partial charge is 0.374 e. The normalized spacial score (nSPS) is 25.1. The first-order chi connectivity index (χ1) is 6.60. The average Bonchev–Trinajstić information content (AvgIpc) is 2.18. The van der Waals surface area contributed by atoms with Crippen LogP contribution in [0.25, 0.3) is 0 Å². The Bertz CT molecular complexity index is 267. The molecule has 84 valence electrons. The molecule has 1 aliphatic rings. The third-order valence-corrected chi connectivity index (χ3v) is 3.70. The molecule has 0 aromatic carbocycles. The van der Waals surface area contributed by atoms with E-state index in [1.165, 1.54) is 4.31 Å². The predicted octanol–water partition coefficient (Wildman–Crippen LogP) is -1.50. The monoisotopic (exact) mass is 223 g/mol. The van der Waals surface area contributed by atoms with E-state index < -0.39 is 10.2 Å². The first-order valence-corrected chi connectivity index (χ1v) is 6.10. The Morgan fingerprint density at radius 2 is 2.36 bits per heavy atom. The van der Waals surface area contributed by atoms with Crippen LogP contribution in [0, 0.1) is 0 Å². The molecule has 1 atom stereocenters. The molecule has 0 aromatic heterocycles. The minimum atomic E-state index is -3.33. The summed E-state index contributed by atoms with van der Waals surface area (Å²) in [6.07, 6.45) is -0.183. The minimum Gasteiger partial charge on any atom is -0.374 e. The summed E-state index contributed by atoms with van der Waals surface area (Å²) < 4.78 is 32.2. The van der Waals surface area contributed by atoms with E-state index in [9.17, 15) is 8.42 Å².